The number of ether oxygens (including phenoxy) is 3. The predicted molar refractivity (Wildman–Crippen MR) is 72.2 cm³/mol. The summed E-state index contributed by atoms with van der Waals surface area (Å²) >= 11 is 0. The first-order valence-corrected chi connectivity index (χ1v) is 6.30. The van der Waals surface area contributed by atoms with Gasteiger partial charge >= 0.3 is 0 Å². The van der Waals surface area contributed by atoms with Crippen LogP contribution >= 0.6 is 0 Å². The topological polar surface area (TPSA) is 91.1 Å². The number of nitro benzene ring substituents is 1. The summed E-state index contributed by atoms with van der Waals surface area (Å²) in [5.41, 5.74) is -0.0146. The molecule has 1 rings (SSSR count). The standard InChI is InChI=1S/C13H19NO6/c1-3-4-19-5-6-20-13-8-11(14(16)17)10(9-15)7-12(13)18-2/h7-8,15H,3-6,9H2,1-2H3. The number of hydrogen-bond donors (Lipinski definition) is 1. The van der Waals surface area contributed by atoms with Gasteiger partial charge in [-0.25, -0.2) is 0 Å². The van der Waals surface area contributed by atoms with E-state index in [1.807, 2.05) is 6.92 Å². The maximum absolute atomic E-state index is 10.9. The molecule has 0 saturated heterocycles. The molecule has 0 aliphatic carbocycles. The van der Waals surface area contributed by atoms with Gasteiger partial charge in [0.15, 0.2) is 11.5 Å². The Kier molecular flexibility index (Phi) is 6.75. The molecule has 7 heteroatoms. The van der Waals surface area contributed by atoms with E-state index in [-0.39, 0.29) is 23.6 Å². The number of methoxy groups -OCH3 is 1. The van der Waals surface area contributed by atoms with Crippen LogP contribution in [0.2, 0.25) is 0 Å². The Hall–Kier alpha value is -1.86. The number of rotatable bonds is 9. The predicted octanol–water partition coefficient (Wildman–Crippen LogP) is 1.90. The van der Waals surface area contributed by atoms with Crippen LogP contribution in [0.3, 0.4) is 0 Å². The minimum atomic E-state index is -0.564. The molecule has 0 fully saturated rings. The third-order valence-corrected chi connectivity index (χ3v) is 2.57. The van der Waals surface area contributed by atoms with Crippen LogP contribution in [0.15, 0.2) is 12.1 Å². The Balaban J connectivity index is 2.82. The van der Waals surface area contributed by atoms with E-state index in [1.54, 1.807) is 0 Å². The molecule has 0 spiro atoms. The lowest BCUT2D eigenvalue weighted by Gasteiger charge is -2.12. The summed E-state index contributed by atoms with van der Waals surface area (Å²) in [5.74, 6) is 0.603. The highest BCUT2D eigenvalue weighted by Gasteiger charge is 2.19. The quantitative estimate of drug-likeness (QED) is 0.423. The number of aliphatic hydroxyl groups is 1. The summed E-state index contributed by atoms with van der Waals surface area (Å²) < 4.78 is 15.8. The lowest BCUT2D eigenvalue weighted by Crippen LogP contribution is -2.08. The van der Waals surface area contributed by atoms with Crippen molar-refractivity contribution in [3.8, 4) is 11.5 Å². The molecule has 0 bridgehead atoms. The fraction of sp³-hybridized carbons (Fsp3) is 0.538. The van der Waals surface area contributed by atoms with Gasteiger partial charge in [0.25, 0.3) is 5.69 Å². The molecule has 20 heavy (non-hydrogen) atoms. The van der Waals surface area contributed by atoms with E-state index in [1.165, 1.54) is 19.2 Å². The summed E-state index contributed by atoms with van der Waals surface area (Å²) in [6.07, 6.45) is 0.917. The number of benzene rings is 1. The highest BCUT2D eigenvalue weighted by Crippen LogP contribution is 2.34. The van der Waals surface area contributed by atoms with Crippen LogP contribution < -0.4 is 9.47 Å². The van der Waals surface area contributed by atoms with Crippen molar-refractivity contribution in [2.45, 2.75) is 20.0 Å². The van der Waals surface area contributed by atoms with Gasteiger partial charge in [0, 0.05) is 6.61 Å². The second-order valence-electron chi connectivity index (χ2n) is 4.01. The first kappa shape index (κ1) is 16.2. The summed E-state index contributed by atoms with van der Waals surface area (Å²) in [4.78, 5) is 10.4. The van der Waals surface area contributed by atoms with Gasteiger partial charge in [-0.2, -0.15) is 0 Å². The Morgan fingerprint density at radius 2 is 2.00 bits per heavy atom. The molecule has 0 heterocycles. The van der Waals surface area contributed by atoms with Crippen molar-refractivity contribution >= 4 is 5.69 Å². The summed E-state index contributed by atoms with van der Waals surface area (Å²) in [6.45, 7) is 2.87. The summed E-state index contributed by atoms with van der Waals surface area (Å²) in [7, 11) is 1.43. The Morgan fingerprint density at radius 3 is 2.55 bits per heavy atom. The van der Waals surface area contributed by atoms with Crippen molar-refractivity contribution in [2.75, 3.05) is 26.9 Å². The number of hydrogen-bond acceptors (Lipinski definition) is 6. The van der Waals surface area contributed by atoms with Crippen molar-refractivity contribution in [1.82, 2.24) is 0 Å². The van der Waals surface area contributed by atoms with Gasteiger partial charge in [0.05, 0.1) is 36.9 Å². The van der Waals surface area contributed by atoms with Crippen molar-refractivity contribution in [3.05, 3.63) is 27.8 Å². The fourth-order valence-corrected chi connectivity index (χ4v) is 1.62. The second kappa shape index (κ2) is 8.34. The van der Waals surface area contributed by atoms with Gasteiger partial charge in [0.1, 0.15) is 6.61 Å². The molecule has 1 aromatic rings. The zero-order chi connectivity index (χ0) is 15.0. The van der Waals surface area contributed by atoms with Crippen LogP contribution in [-0.4, -0.2) is 37.0 Å². The molecule has 1 aromatic carbocycles. The normalized spacial score (nSPS) is 10.3. The third-order valence-electron chi connectivity index (χ3n) is 2.57. The molecule has 0 radical (unpaired) electrons. The Morgan fingerprint density at radius 1 is 1.25 bits per heavy atom. The van der Waals surface area contributed by atoms with E-state index in [0.29, 0.717) is 19.0 Å². The van der Waals surface area contributed by atoms with Crippen molar-refractivity contribution in [1.29, 1.82) is 0 Å². The maximum atomic E-state index is 10.9. The first-order valence-electron chi connectivity index (χ1n) is 6.30. The SMILES string of the molecule is CCCOCCOc1cc([N+](=O)[O-])c(CO)cc1OC. The molecule has 0 aromatic heterocycles. The molecule has 0 saturated carbocycles. The van der Waals surface area contributed by atoms with Crippen LogP contribution in [0.1, 0.15) is 18.9 Å². The average molecular weight is 285 g/mol. The summed E-state index contributed by atoms with van der Waals surface area (Å²) in [5, 5.41) is 20.1. The molecule has 7 nitrogen and oxygen atoms in total. The molecule has 0 unspecified atom stereocenters. The molecule has 0 amide bonds. The van der Waals surface area contributed by atoms with E-state index < -0.39 is 11.5 Å². The minimum absolute atomic E-state index is 0.182. The molecule has 0 aliphatic rings. The summed E-state index contributed by atoms with van der Waals surface area (Å²) in [6, 6.07) is 2.66. The van der Waals surface area contributed by atoms with Gasteiger partial charge in [-0.1, -0.05) is 6.92 Å². The first-order chi connectivity index (χ1) is 9.63. The van der Waals surface area contributed by atoms with Gasteiger partial charge < -0.3 is 19.3 Å². The lowest BCUT2D eigenvalue weighted by molar-refractivity contribution is -0.385. The zero-order valence-electron chi connectivity index (χ0n) is 11.6. The van der Waals surface area contributed by atoms with Gasteiger partial charge in [0.2, 0.25) is 0 Å². The van der Waals surface area contributed by atoms with Crippen LogP contribution in [0, 0.1) is 10.1 Å². The molecular formula is C13H19NO6. The monoisotopic (exact) mass is 285 g/mol. The second-order valence-corrected chi connectivity index (χ2v) is 4.01. The highest BCUT2D eigenvalue weighted by atomic mass is 16.6. The van der Waals surface area contributed by atoms with Crippen molar-refractivity contribution in [2.24, 2.45) is 0 Å². The molecule has 0 aliphatic heterocycles. The van der Waals surface area contributed by atoms with Gasteiger partial charge in [-0.05, 0) is 12.5 Å². The van der Waals surface area contributed by atoms with E-state index in [2.05, 4.69) is 0 Å². The highest BCUT2D eigenvalue weighted by molar-refractivity contribution is 5.54. The van der Waals surface area contributed by atoms with E-state index in [4.69, 9.17) is 19.3 Å². The van der Waals surface area contributed by atoms with Gasteiger partial charge in [-0.3, -0.25) is 10.1 Å². The number of nitro groups is 1. The van der Waals surface area contributed by atoms with E-state index in [9.17, 15) is 10.1 Å². The molecular weight excluding hydrogens is 266 g/mol. The van der Waals surface area contributed by atoms with E-state index >= 15 is 0 Å². The Bertz CT molecular complexity index is 449. The largest absolute Gasteiger partial charge is 0.493 e. The molecule has 1 N–H and O–H groups in total. The average Bonchev–Trinajstić information content (AvgIpc) is 2.46. The fourth-order valence-electron chi connectivity index (χ4n) is 1.62. The van der Waals surface area contributed by atoms with Crippen molar-refractivity contribution < 1.29 is 24.2 Å². The van der Waals surface area contributed by atoms with Crippen LogP contribution in [0.25, 0.3) is 0 Å². The van der Waals surface area contributed by atoms with Gasteiger partial charge in [-0.15, -0.1) is 0 Å². The lowest BCUT2D eigenvalue weighted by atomic mass is 10.1. The minimum Gasteiger partial charge on any atom is -0.493 e. The third kappa shape index (κ3) is 4.36. The van der Waals surface area contributed by atoms with Crippen LogP contribution in [0.4, 0.5) is 5.69 Å². The Labute approximate surface area is 117 Å². The van der Waals surface area contributed by atoms with Crippen LogP contribution in [0.5, 0.6) is 11.5 Å². The molecule has 0 atom stereocenters. The number of aliphatic hydroxyl groups excluding tert-OH is 1. The van der Waals surface area contributed by atoms with E-state index in [0.717, 1.165) is 6.42 Å². The smallest absolute Gasteiger partial charge is 0.278 e. The van der Waals surface area contributed by atoms with Crippen molar-refractivity contribution in [3.63, 3.8) is 0 Å². The number of nitrogens with zero attached hydrogens (tertiary/aromatic N) is 1. The zero-order valence-corrected chi connectivity index (χ0v) is 11.6. The maximum Gasteiger partial charge on any atom is 0.278 e. The molecule has 112 valence electrons. The van der Waals surface area contributed by atoms with Crippen LogP contribution in [-0.2, 0) is 11.3 Å².